The summed E-state index contributed by atoms with van der Waals surface area (Å²) in [5, 5.41) is 12.5. The number of carbonyl (C=O) groups is 1. The number of hydrogen-bond acceptors (Lipinski definition) is 6. The van der Waals surface area contributed by atoms with Crippen LogP contribution < -0.4 is 11.1 Å². The Bertz CT molecular complexity index is 1960. The number of rotatable bonds is 4. The van der Waals surface area contributed by atoms with Gasteiger partial charge < -0.3 is 11.1 Å². The van der Waals surface area contributed by atoms with Gasteiger partial charge in [-0.1, -0.05) is 54.3 Å². The summed E-state index contributed by atoms with van der Waals surface area (Å²) >= 11 is 0. The molecule has 40 heavy (non-hydrogen) atoms. The van der Waals surface area contributed by atoms with Crippen LogP contribution >= 0.6 is 0 Å². The highest BCUT2D eigenvalue weighted by atomic mass is 16.1. The number of benzene rings is 2. The Morgan fingerprint density at radius 1 is 1.05 bits per heavy atom. The Balaban J connectivity index is 1.43. The van der Waals surface area contributed by atoms with Gasteiger partial charge in [0.15, 0.2) is 11.5 Å². The van der Waals surface area contributed by atoms with Crippen LogP contribution in [0.4, 0.5) is 5.82 Å². The molecule has 4 aromatic heterocycles. The van der Waals surface area contributed by atoms with Crippen LogP contribution in [0.15, 0.2) is 79.3 Å². The van der Waals surface area contributed by atoms with Gasteiger partial charge in [0.25, 0.3) is 5.91 Å². The number of aryl methyl sites for hydroxylation is 1. The molecule has 1 atom stereocenters. The first kappa shape index (κ1) is 24.8. The van der Waals surface area contributed by atoms with Gasteiger partial charge in [0.1, 0.15) is 5.56 Å². The zero-order valence-corrected chi connectivity index (χ0v) is 22.3. The lowest BCUT2D eigenvalue weighted by molar-refractivity contribution is 0.0942. The fraction of sp³-hybridized carbons (Fsp3) is 0.129. The number of anilines is 1. The second-order valence-corrected chi connectivity index (χ2v) is 9.53. The number of pyridine rings is 1. The van der Waals surface area contributed by atoms with Crippen molar-refractivity contribution in [2.75, 3.05) is 5.73 Å². The Morgan fingerprint density at radius 3 is 2.62 bits per heavy atom. The van der Waals surface area contributed by atoms with E-state index in [1.807, 2.05) is 69.4 Å². The van der Waals surface area contributed by atoms with E-state index < -0.39 is 6.04 Å². The highest BCUT2D eigenvalue weighted by molar-refractivity contribution is 6.04. The minimum Gasteiger partial charge on any atom is -0.381 e. The maximum absolute atomic E-state index is 13.4. The molecule has 9 nitrogen and oxygen atoms in total. The van der Waals surface area contributed by atoms with Crippen LogP contribution in [-0.4, -0.2) is 35.3 Å². The number of nitrogen functional groups attached to an aromatic ring is 1. The summed E-state index contributed by atoms with van der Waals surface area (Å²) in [6, 6.07) is 19.2. The maximum Gasteiger partial charge on any atom is 0.259 e. The smallest absolute Gasteiger partial charge is 0.259 e. The average molecular weight is 527 g/mol. The molecule has 0 spiro atoms. The molecule has 9 heteroatoms. The largest absolute Gasteiger partial charge is 0.381 e. The number of nitrogens with zero attached hydrogens (tertiary/aromatic N) is 6. The topological polar surface area (TPSA) is 116 Å². The summed E-state index contributed by atoms with van der Waals surface area (Å²) in [4.78, 5) is 22.8. The summed E-state index contributed by atoms with van der Waals surface area (Å²) in [7, 11) is 1.90. The highest BCUT2D eigenvalue weighted by Gasteiger charge is 2.23. The molecule has 0 fully saturated rings. The van der Waals surface area contributed by atoms with Crippen molar-refractivity contribution in [1.29, 1.82) is 0 Å². The molecule has 196 valence electrons. The lowest BCUT2D eigenvalue weighted by Crippen LogP contribution is -2.28. The van der Waals surface area contributed by atoms with Gasteiger partial charge in [-0.05, 0) is 32.0 Å². The lowest BCUT2D eigenvalue weighted by atomic mass is 9.97. The molecule has 2 aromatic carbocycles. The van der Waals surface area contributed by atoms with Crippen LogP contribution in [0, 0.1) is 18.8 Å². The molecule has 0 radical (unpaired) electrons. The fourth-order valence-electron chi connectivity index (χ4n) is 4.70. The second-order valence-electron chi connectivity index (χ2n) is 9.53. The van der Waals surface area contributed by atoms with Crippen molar-refractivity contribution in [3.63, 3.8) is 0 Å². The summed E-state index contributed by atoms with van der Waals surface area (Å²) in [5.74, 6) is 6.30. The van der Waals surface area contributed by atoms with E-state index >= 15 is 0 Å². The lowest BCUT2D eigenvalue weighted by Gasteiger charge is -2.19. The molecule has 6 aromatic rings. The Morgan fingerprint density at radius 2 is 1.85 bits per heavy atom. The van der Waals surface area contributed by atoms with E-state index in [1.54, 1.807) is 29.3 Å². The van der Waals surface area contributed by atoms with Gasteiger partial charge in [-0.2, -0.15) is 5.10 Å². The number of aromatic nitrogens is 6. The van der Waals surface area contributed by atoms with Crippen LogP contribution in [0.25, 0.3) is 27.8 Å². The minimum absolute atomic E-state index is 0.121. The number of hydrogen-bond donors (Lipinski definition) is 2. The molecule has 0 aliphatic heterocycles. The molecule has 3 N–H and O–H groups in total. The number of nitrogens with two attached hydrogens (primary N) is 1. The monoisotopic (exact) mass is 526 g/mol. The first-order valence-electron chi connectivity index (χ1n) is 12.8. The highest BCUT2D eigenvalue weighted by Crippen LogP contribution is 2.31. The van der Waals surface area contributed by atoms with Gasteiger partial charge in [0.2, 0.25) is 0 Å². The van der Waals surface area contributed by atoms with E-state index in [4.69, 9.17) is 10.7 Å². The van der Waals surface area contributed by atoms with Crippen molar-refractivity contribution in [2.45, 2.75) is 19.9 Å². The van der Waals surface area contributed by atoms with Crippen LogP contribution in [-0.2, 0) is 7.05 Å². The predicted octanol–water partition coefficient (Wildman–Crippen LogP) is 4.46. The SMILES string of the molecule is Cc1c(C#Cc2cccc3cc([C@H](C)NC(=O)c4c(N)nn5cccnc45)c(-c4ccccc4)nc23)cnn1C. The van der Waals surface area contributed by atoms with E-state index in [1.165, 1.54) is 4.52 Å². The molecule has 0 unspecified atom stereocenters. The molecule has 4 heterocycles. The molecule has 0 bridgehead atoms. The van der Waals surface area contributed by atoms with Crippen molar-refractivity contribution in [1.82, 2.24) is 34.7 Å². The van der Waals surface area contributed by atoms with Crippen molar-refractivity contribution in [3.8, 4) is 23.1 Å². The number of carbonyl (C=O) groups excluding carboxylic acids is 1. The third-order valence-electron chi connectivity index (χ3n) is 6.95. The number of nitrogens with one attached hydrogen (secondary N) is 1. The van der Waals surface area contributed by atoms with Crippen molar-refractivity contribution < 1.29 is 4.79 Å². The van der Waals surface area contributed by atoms with Gasteiger partial charge in [-0.3, -0.25) is 9.48 Å². The summed E-state index contributed by atoms with van der Waals surface area (Å²) in [5.41, 5.74) is 12.8. The normalized spacial score (nSPS) is 11.8. The van der Waals surface area contributed by atoms with Crippen LogP contribution in [0.5, 0.6) is 0 Å². The van der Waals surface area contributed by atoms with Gasteiger partial charge in [-0.15, -0.1) is 5.10 Å². The zero-order valence-electron chi connectivity index (χ0n) is 22.3. The number of fused-ring (bicyclic) bond motifs is 2. The minimum atomic E-state index is -0.398. The molecule has 0 saturated heterocycles. The van der Waals surface area contributed by atoms with Crippen molar-refractivity contribution in [2.24, 2.45) is 7.05 Å². The van der Waals surface area contributed by atoms with Gasteiger partial charge in [0.05, 0.1) is 40.3 Å². The van der Waals surface area contributed by atoms with Gasteiger partial charge in [0, 0.05) is 36.0 Å². The number of para-hydroxylation sites is 1. The van der Waals surface area contributed by atoms with Gasteiger partial charge in [-0.25, -0.2) is 14.5 Å². The first-order chi connectivity index (χ1) is 19.4. The number of amides is 1. The van der Waals surface area contributed by atoms with Crippen molar-refractivity contribution in [3.05, 3.63) is 107 Å². The third-order valence-corrected chi connectivity index (χ3v) is 6.95. The summed E-state index contributed by atoms with van der Waals surface area (Å²) in [6.07, 6.45) is 5.08. The quantitative estimate of drug-likeness (QED) is 0.328. The molecule has 0 saturated carbocycles. The van der Waals surface area contributed by atoms with E-state index in [9.17, 15) is 4.79 Å². The van der Waals surface area contributed by atoms with Crippen LogP contribution in [0.3, 0.4) is 0 Å². The zero-order chi connectivity index (χ0) is 27.8. The standard InChI is InChI=1S/C31H26N8O/c1-19(35-31(40)26-29(32)37-39-16-8-15-33-30(26)39)25-17-23-12-7-11-22(13-14-24-18-34-38(3)20(24)2)27(23)36-28(25)21-9-5-4-6-10-21/h4-12,15-19H,1-3H3,(H2,32,37)(H,35,40)/t19-/m0/s1. The van der Waals surface area contributed by atoms with Gasteiger partial charge >= 0.3 is 0 Å². The van der Waals surface area contributed by atoms with E-state index in [2.05, 4.69) is 38.4 Å². The first-order valence-corrected chi connectivity index (χ1v) is 12.8. The Kier molecular flexibility index (Phi) is 6.21. The Labute approximate surface area is 230 Å². The summed E-state index contributed by atoms with van der Waals surface area (Å²) in [6.45, 7) is 3.92. The Hall–Kier alpha value is -5.49. The molecular formula is C31H26N8O. The van der Waals surface area contributed by atoms with Crippen LogP contribution in [0.1, 0.15) is 45.7 Å². The molecule has 0 aliphatic carbocycles. The van der Waals surface area contributed by atoms with E-state index in [0.29, 0.717) is 5.65 Å². The third kappa shape index (κ3) is 4.41. The molecular weight excluding hydrogens is 500 g/mol. The van der Waals surface area contributed by atoms with E-state index in [0.717, 1.165) is 44.5 Å². The predicted molar refractivity (Wildman–Crippen MR) is 154 cm³/mol. The molecule has 6 rings (SSSR count). The fourth-order valence-corrected chi connectivity index (χ4v) is 4.70. The molecule has 1 amide bonds. The average Bonchev–Trinajstić information content (AvgIpc) is 3.48. The second kappa shape index (κ2) is 10.0. The van der Waals surface area contributed by atoms with Crippen molar-refractivity contribution >= 4 is 28.3 Å². The van der Waals surface area contributed by atoms with Crippen LogP contribution in [0.2, 0.25) is 0 Å². The van der Waals surface area contributed by atoms with E-state index in [-0.39, 0.29) is 17.3 Å². The summed E-state index contributed by atoms with van der Waals surface area (Å²) < 4.78 is 3.30. The molecule has 0 aliphatic rings. The maximum atomic E-state index is 13.4.